The number of hydrogen-bond donors (Lipinski definition) is 1. The van der Waals surface area contributed by atoms with Crippen molar-refractivity contribution in [3.8, 4) is 0 Å². The molecule has 1 heterocycles. The van der Waals surface area contributed by atoms with Crippen molar-refractivity contribution in [2.24, 2.45) is 0 Å². The van der Waals surface area contributed by atoms with Gasteiger partial charge < -0.3 is 5.32 Å². The van der Waals surface area contributed by atoms with E-state index in [1.807, 2.05) is 48.5 Å². The van der Waals surface area contributed by atoms with Crippen LogP contribution >= 0.6 is 23.2 Å². The summed E-state index contributed by atoms with van der Waals surface area (Å²) in [6, 6.07) is 15.3. The summed E-state index contributed by atoms with van der Waals surface area (Å²) in [6.45, 7) is 2.25. The summed E-state index contributed by atoms with van der Waals surface area (Å²) in [7, 11) is 0. The van der Waals surface area contributed by atoms with Crippen molar-refractivity contribution in [1.82, 2.24) is 10.2 Å². The molecule has 1 fully saturated rings. The Morgan fingerprint density at radius 3 is 2.21 bits per heavy atom. The predicted octanol–water partition coefficient (Wildman–Crippen LogP) is 4.27. The molecule has 24 heavy (non-hydrogen) atoms. The van der Waals surface area contributed by atoms with Crippen molar-refractivity contribution >= 4 is 29.1 Å². The Kier molecular flexibility index (Phi) is 5.77. The molecular formula is C19H20Cl2N2O. The highest BCUT2D eigenvalue weighted by molar-refractivity contribution is 6.30. The number of rotatable bonds is 5. The summed E-state index contributed by atoms with van der Waals surface area (Å²) >= 11 is 11.8. The zero-order valence-corrected chi connectivity index (χ0v) is 14.9. The van der Waals surface area contributed by atoms with Crippen molar-refractivity contribution in [2.45, 2.75) is 32.0 Å². The second-order valence-electron chi connectivity index (χ2n) is 6.10. The van der Waals surface area contributed by atoms with Gasteiger partial charge in [-0.05, 0) is 54.8 Å². The fourth-order valence-corrected chi connectivity index (χ4v) is 3.30. The first-order valence-corrected chi connectivity index (χ1v) is 8.88. The molecule has 0 bridgehead atoms. The molecule has 0 saturated carbocycles. The Balaban J connectivity index is 1.56. The SMILES string of the molecule is O=C(NCc1ccc(Cl)cc1)[C@H]1CCCN1Cc1ccc(Cl)cc1. The van der Waals surface area contributed by atoms with E-state index in [2.05, 4.69) is 10.2 Å². The minimum absolute atomic E-state index is 0.0621. The zero-order chi connectivity index (χ0) is 16.9. The summed E-state index contributed by atoms with van der Waals surface area (Å²) in [5.74, 6) is 0.0939. The van der Waals surface area contributed by atoms with Gasteiger partial charge >= 0.3 is 0 Å². The molecule has 1 aliphatic heterocycles. The first-order valence-electron chi connectivity index (χ1n) is 8.12. The first-order chi connectivity index (χ1) is 11.6. The molecule has 0 radical (unpaired) electrons. The van der Waals surface area contributed by atoms with Gasteiger partial charge in [0.2, 0.25) is 5.91 Å². The van der Waals surface area contributed by atoms with Crippen molar-refractivity contribution < 1.29 is 4.79 Å². The van der Waals surface area contributed by atoms with Crippen LogP contribution in [0.5, 0.6) is 0 Å². The van der Waals surface area contributed by atoms with E-state index in [4.69, 9.17) is 23.2 Å². The summed E-state index contributed by atoms with van der Waals surface area (Å²) in [4.78, 5) is 14.8. The summed E-state index contributed by atoms with van der Waals surface area (Å²) in [5, 5.41) is 4.48. The normalized spacial score (nSPS) is 17.8. The van der Waals surface area contributed by atoms with Crippen molar-refractivity contribution in [2.75, 3.05) is 6.54 Å². The summed E-state index contributed by atoms with van der Waals surface area (Å²) in [5.41, 5.74) is 2.23. The average molecular weight is 363 g/mol. The van der Waals surface area contributed by atoms with Crippen LogP contribution in [0.4, 0.5) is 0 Å². The number of nitrogens with zero attached hydrogens (tertiary/aromatic N) is 1. The number of halogens is 2. The highest BCUT2D eigenvalue weighted by Gasteiger charge is 2.30. The molecule has 2 aromatic carbocycles. The maximum atomic E-state index is 12.5. The van der Waals surface area contributed by atoms with Gasteiger partial charge in [-0.1, -0.05) is 47.5 Å². The topological polar surface area (TPSA) is 32.3 Å². The fourth-order valence-electron chi connectivity index (χ4n) is 3.05. The Labute approximate surface area is 152 Å². The third-order valence-electron chi connectivity index (χ3n) is 4.35. The van der Waals surface area contributed by atoms with Gasteiger partial charge in [0.25, 0.3) is 0 Å². The second-order valence-corrected chi connectivity index (χ2v) is 6.97. The largest absolute Gasteiger partial charge is 0.351 e. The highest BCUT2D eigenvalue weighted by atomic mass is 35.5. The lowest BCUT2D eigenvalue weighted by Gasteiger charge is -2.23. The molecule has 2 aromatic rings. The van der Waals surface area contributed by atoms with Crippen LogP contribution in [-0.4, -0.2) is 23.4 Å². The van der Waals surface area contributed by atoms with E-state index >= 15 is 0 Å². The Morgan fingerprint density at radius 2 is 1.58 bits per heavy atom. The molecule has 0 aliphatic carbocycles. The van der Waals surface area contributed by atoms with Gasteiger partial charge in [0.05, 0.1) is 6.04 Å². The van der Waals surface area contributed by atoms with E-state index < -0.39 is 0 Å². The van der Waals surface area contributed by atoms with Gasteiger partial charge in [-0.15, -0.1) is 0 Å². The zero-order valence-electron chi connectivity index (χ0n) is 13.3. The lowest BCUT2D eigenvalue weighted by atomic mass is 10.1. The number of nitrogens with one attached hydrogen (secondary N) is 1. The van der Waals surface area contributed by atoms with Crippen LogP contribution in [0.15, 0.2) is 48.5 Å². The Morgan fingerprint density at radius 1 is 1.00 bits per heavy atom. The second kappa shape index (κ2) is 8.02. The molecule has 3 nitrogen and oxygen atoms in total. The van der Waals surface area contributed by atoms with Crippen LogP contribution in [-0.2, 0) is 17.9 Å². The molecule has 1 amide bonds. The number of likely N-dealkylation sites (tertiary alicyclic amines) is 1. The quantitative estimate of drug-likeness (QED) is 0.860. The molecule has 3 rings (SSSR count). The molecule has 1 saturated heterocycles. The van der Waals surface area contributed by atoms with Gasteiger partial charge in [0, 0.05) is 23.1 Å². The number of benzene rings is 2. The average Bonchev–Trinajstić information content (AvgIpc) is 3.04. The van der Waals surface area contributed by atoms with Crippen LogP contribution < -0.4 is 5.32 Å². The summed E-state index contributed by atoms with van der Waals surface area (Å²) in [6.07, 6.45) is 1.95. The van der Waals surface area contributed by atoms with Crippen molar-refractivity contribution in [1.29, 1.82) is 0 Å². The Bertz CT molecular complexity index is 686. The van der Waals surface area contributed by atoms with E-state index in [0.29, 0.717) is 11.6 Å². The first kappa shape index (κ1) is 17.3. The monoisotopic (exact) mass is 362 g/mol. The lowest BCUT2D eigenvalue weighted by molar-refractivity contribution is -0.125. The van der Waals surface area contributed by atoms with E-state index in [9.17, 15) is 4.79 Å². The van der Waals surface area contributed by atoms with Crippen molar-refractivity contribution in [3.05, 3.63) is 69.7 Å². The third kappa shape index (κ3) is 4.50. The molecular weight excluding hydrogens is 343 g/mol. The van der Waals surface area contributed by atoms with E-state index in [-0.39, 0.29) is 11.9 Å². The lowest BCUT2D eigenvalue weighted by Crippen LogP contribution is -2.42. The molecule has 0 unspecified atom stereocenters. The summed E-state index contributed by atoms with van der Waals surface area (Å²) < 4.78 is 0. The molecule has 1 atom stereocenters. The minimum atomic E-state index is -0.0621. The fraction of sp³-hybridized carbons (Fsp3) is 0.316. The molecule has 126 valence electrons. The molecule has 0 spiro atoms. The van der Waals surface area contributed by atoms with E-state index in [0.717, 1.165) is 36.5 Å². The van der Waals surface area contributed by atoms with Crippen LogP contribution in [0.25, 0.3) is 0 Å². The van der Waals surface area contributed by atoms with Gasteiger partial charge in [-0.2, -0.15) is 0 Å². The van der Waals surface area contributed by atoms with Crippen LogP contribution in [0.1, 0.15) is 24.0 Å². The molecule has 0 aromatic heterocycles. The smallest absolute Gasteiger partial charge is 0.237 e. The van der Waals surface area contributed by atoms with E-state index in [1.165, 1.54) is 5.56 Å². The third-order valence-corrected chi connectivity index (χ3v) is 4.85. The van der Waals surface area contributed by atoms with Gasteiger partial charge in [0.15, 0.2) is 0 Å². The van der Waals surface area contributed by atoms with Gasteiger partial charge in [0.1, 0.15) is 0 Å². The predicted molar refractivity (Wildman–Crippen MR) is 98.2 cm³/mol. The highest BCUT2D eigenvalue weighted by Crippen LogP contribution is 2.21. The molecule has 1 aliphatic rings. The Hall–Kier alpha value is -1.55. The van der Waals surface area contributed by atoms with Crippen LogP contribution in [0, 0.1) is 0 Å². The van der Waals surface area contributed by atoms with Crippen LogP contribution in [0.2, 0.25) is 10.0 Å². The minimum Gasteiger partial charge on any atom is -0.351 e. The van der Waals surface area contributed by atoms with Crippen molar-refractivity contribution in [3.63, 3.8) is 0 Å². The number of carbonyl (C=O) groups excluding carboxylic acids is 1. The number of carbonyl (C=O) groups is 1. The molecule has 1 N–H and O–H groups in total. The van der Waals surface area contributed by atoms with E-state index in [1.54, 1.807) is 0 Å². The number of hydrogen-bond acceptors (Lipinski definition) is 2. The maximum Gasteiger partial charge on any atom is 0.237 e. The molecule has 5 heteroatoms. The maximum absolute atomic E-state index is 12.5. The van der Waals surface area contributed by atoms with Crippen LogP contribution in [0.3, 0.4) is 0 Å². The standard InChI is InChI=1S/C19H20Cl2N2O/c20-16-7-3-14(4-8-16)12-22-19(24)18-2-1-11-23(18)13-15-5-9-17(21)10-6-15/h3-10,18H,1-2,11-13H2,(H,22,24)/t18-/m1/s1. The van der Waals surface area contributed by atoms with Gasteiger partial charge in [-0.3, -0.25) is 9.69 Å². The number of amides is 1. The van der Waals surface area contributed by atoms with Gasteiger partial charge in [-0.25, -0.2) is 0 Å².